The van der Waals surface area contributed by atoms with Crippen molar-refractivity contribution in [2.24, 2.45) is 0 Å². The van der Waals surface area contributed by atoms with Crippen LogP contribution in [0.3, 0.4) is 0 Å². The van der Waals surface area contributed by atoms with Crippen LogP contribution in [0.2, 0.25) is 0 Å². The number of fused-ring (bicyclic) bond motifs is 1. The first-order valence-electron chi connectivity index (χ1n) is 9.78. The number of pyridine rings is 1. The highest BCUT2D eigenvalue weighted by Gasteiger charge is 2.21. The van der Waals surface area contributed by atoms with Crippen molar-refractivity contribution in [3.8, 4) is 23.1 Å². The van der Waals surface area contributed by atoms with Gasteiger partial charge in [0.25, 0.3) is 0 Å². The molecule has 3 aromatic rings. The Morgan fingerprint density at radius 3 is 2.61 bits per heavy atom. The number of ether oxygens (including phenoxy) is 4. The number of esters is 1. The highest BCUT2D eigenvalue weighted by molar-refractivity contribution is 6.01. The monoisotopic (exact) mass is 422 g/mol. The normalized spacial score (nSPS) is 12.4. The number of Topliss-reactive ketones (excluding diaryl/α,β-unsaturated/α-hetero) is 1. The van der Waals surface area contributed by atoms with E-state index in [1.54, 1.807) is 12.1 Å². The van der Waals surface area contributed by atoms with Crippen molar-refractivity contribution >= 4 is 11.8 Å². The molecule has 0 radical (unpaired) electrons. The summed E-state index contributed by atoms with van der Waals surface area (Å²) in [6.07, 6.45) is 1.51. The number of hydrogen-bond donors (Lipinski definition) is 0. The van der Waals surface area contributed by atoms with E-state index in [-0.39, 0.29) is 23.8 Å². The number of hydrogen-bond acceptors (Lipinski definition) is 7. The van der Waals surface area contributed by atoms with Crippen molar-refractivity contribution in [1.29, 1.82) is 0 Å². The van der Waals surface area contributed by atoms with Crippen LogP contribution in [-0.4, -0.2) is 48.2 Å². The van der Waals surface area contributed by atoms with Crippen LogP contribution in [0.25, 0.3) is 5.69 Å². The van der Waals surface area contributed by atoms with Crippen LogP contribution in [0.15, 0.2) is 42.6 Å². The van der Waals surface area contributed by atoms with Crippen molar-refractivity contribution in [3.63, 3.8) is 0 Å². The van der Waals surface area contributed by atoms with Crippen LogP contribution < -0.4 is 14.2 Å². The van der Waals surface area contributed by atoms with Gasteiger partial charge in [0.15, 0.2) is 18.1 Å². The van der Waals surface area contributed by atoms with Gasteiger partial charge in [-0.05, 0) is 44.2 Å². The highest BCUT2D eigenvalue weighted by Crippen LogP contribution is 2.33. The second-order valence-corrected chi connectivity index (χ2v) is 7.01. The van der Waals surface area contributed by atoms with Crippen molar-refractivity contribution in [1.82, 2.24) is 9.55 Å². The standard InChI is InChI=1S/C23H22N2O6/c1-14-11-18(19(26)13-31-23(27)17-5-4-8-24-22(17)28-3)15(2)25(14)16-6-7-20-21(12-16)30-10-9-29-20/h4-8,11-12H,9-10,13H2,1-3H3. The SMILES string of the molecule is COc1ncccc1C(=O)OCC(=O)c1cc(C)n(-c2ccc3c(c2)OCCO3)c1C. The van der Waals surface area contributed by atoms with E-state index < -0.39 is 5.97 Å². The molecule has 1 aromatic carbocycles. The first-order valence-corrected chi connectivity index (χ1v) is 9.78. The highest BCUT2D eigenvalue weighted by atomic mass is 16.6. The van der Waals surface area contributed by atoms with Crippen LogP contribution in [-0.2, 0) is 4.74 Å². The molecular weight excluding hydrogens is 400 g/mol. The maximum atomic E-state index is 12.8. The maximum absolute atomic E-state index is 12.8. The zero-order chi connectivity index (χ0) is 22.0. The molecule has 8 nitrogen and oxygen atoms in total. The molecule has 0 spiro atoms. The molecule has 8 heteroatoms. The molecule has 4 rings (SSSR count). The Morgan fingerprint density at radius 1 is 1.06 bits per heavy atom. The first kappa shape index (κ1) is 20.5. The average molecular weight is 422 g/mol. The fourth-order valence-corrected chi connectivity index (χ4v) is 3.61. The summed E-state index contributed by atoms with van der Waals surface area (Å²) in [6.45, 7) is 4.39. The van der Waals surface area contributed by atoms with Gasteiger partial charge in [-0.2, -0.15) is 0 Å². The molecule has 0 saturated heterocycles. The van der Waals surface area contributed by atoms with E-state index in [1.807, 2.05) is 36.6 Å². The Labute approximate surface area is 179 Å². The predicted octanol–water partition coefficient (Wildman–Crippen LogP) is 3.31. The van der Waals surface area contributed by atoms with E-state index in [1.165, 1.54) is 19.4 Å². The third-order valence-electron chi connectivity index (χ3n) is 5.03. The summed E-state index contributed by atoms with van der Waals surface area (Å²) in [5.74, 6) is 0.554. The van der Waals surface area contributed by atoms with Crippen molar-refractivity contribution in [2.75, 3.05) is 26.9 Å². The van der Waals surface area contributed by atoms with Crippen molar-refractivity contribution in [3.05, 3.63) is 65.1 Å². The molecule has 1 aliphatic rings. The number of nitrogens with zero attached hydrogens (tertiary/aromatic N) is 2. The summed E-state index contributed by atoms with van der Waals surface area (Å²) < 4.78 is 23.5. The quantitative estimate of drug-likeness (QED) is 0.445. The van der Waals surface area contributed by atoms with Gasteiger partial charge in [-0.3, -0.25) is 4.79 Å². The zero-order valence-electron chi connectivity index (χ0n) is 17.5. The minimum atomic E-state index is -0.668. The number of aryl methyl sites for hydroxylation is 1. The van der Waals surface area contributed by atoms with Gasteiger partial charge in [-0.1, -0.05) is 0 Å². The van der Waals surface area contributed by atoms with Crippen molar-refractivity contribution < 1.29 is 28.5 Å². The number of rotatable bonds is 6. The fraction of sp³-hybridized carbons (Fsp3) is 0.261. The second-order valence-electron chi connectivity index (χ2n) is 7.01. The first-order chi connectivity index (χ1) is 15.0. The lowest BCUT2D eigenvalue weighted by Gasteiger charge is -2.20. The molecule has 0 bridgehead atoms. The van der Waals surface area contributed by atoms with E-state index in [0.717, 1.165) is 17.1 Å². The summed E-state index contributed by atoms with van der Waals surface area (Å²) in [7, 11) is 1.41. The molecule has 0 fully saturated rings. The van der Waals surface area contributed by atoms with E-state index in [4.69, 9.17) is 18.9 Å². The Balaban J connectivity index is 1.53. The summed E-state index contributed by atoms with van der Waals surface area (Å²) in [4.78, 5) is 29.1. The smallest absolute Gasteiger partial charge is 0.344 e. The zero-order valence-corrected chi connectivity index (χ0v) is 17.5. The van der Waals surface area contributed by atoms with Crippen LogP contribution >= 0.6 is 0 Å². The third kappa shape index (κ3) is 3.96. The van der Waals surface area contributed by atoms with Gasteiger partial charge in [0.1, 0.15) is 18.8 Å². The van der Waals surface area contributed by atoms with E-state index in [9.17, 15) is 9.59 Å². The van der Waals surface area contributed by atoms with Crippen molar-refractivity contribution in [2.45, 2.75) is 13.8 Å². The lowest BCUT2D eigenvalue weighted by Crippen LogP contribution is -2.16. The lowest BCUT2D eigenvalue weighted by molar-refractivity contribution is 0.0470. The topological polar surface area (TPSA) is 88.9 Å². The fourth-order valence-electron chi connectivity index (χ4n) is 3.61. The molecule has 31 heavy (non-hydrogen) atoms. The van der Waals surface area contributed by atoms with Gasteiger partial charge >= 0.3 is 5.97 Å². The molecular formula is C23H22N2O6. The molecule has 0 amide bonds. The van der Waals surface area contributed by atoms with Crippen LogP contribution in [0.1, 0.15) is 32.1 Å². The number of ketones is 1. The number of carbonyl (C=O) groups excluding carboxylic acids is 2. The van der Waals surface area contributed by atoms with Gasteiger partial charge < -0.3 is 23.5 Å². The van der Waals surface area contributed by atoms with Crippen LogP contribution in [0.4, 0.5) is 0 Å². The van der Waals surface area contributed by atoms with Crippen LogP contribution in [0.5, 0.6) is 17.4 Å². The molecule has 0 atom stereocenters. The minimum absolute atomic E-state index is 0.150. The van der Waals surface area contributed by atoms with Gasteiger partial charge in [0, 0.05) is 34.9 Å². The predicted molar refractivity (Wildman–Crippen MR) is 112 cm³/mol. The molecule has 2 aromatic heterocycles. The lowest BCUT2D eigenvalue weighted by atomic mass is 10.1. The largest absolute Gasteiger partial charge is 0.486 e. The minimum Gasteiger partial charge on any atom is -0.486 e. The Morgan fingerprint density at radius 2 is 1.84 bits per heavy atom. The molecule has 160 valence electrons. The number of methoxy groups -OCH3 is 1. The number of aromatic nitrogens is 2. The second kappa shape index (κ2) is 8.51. The van der Waals surface area contributed by atoms with E-state index in [0.29, 0.717) is 30.3 Å². The molecule has 0 saturated carbocycles. The summed E-state index contributed by atoms with van der Waals surface area (Å²) >= 11 is 0. The maximum Gasteiger partial charge on any atom is 0.344 e. The molecule has 0 unspecified atom stereocenters. The molecule has 1 aliphatic heterocycles. The molecule has 3 heterocycles. The van der Waals surface area contributed by atoms with Gasteiger partial charge in [0.2, 0.25) is 11.7 Å². The Hall–Kier alpha value is -3.81. The Kier molecular flexibility index (Phi) is 5.62. The van der Waals surface area contributed by atoms with Crippen LogP contribution in [0, 0.1) is 13.8 Å². The average Bonchev–Trinajstić information content (AvgIpc) is 3.10. The summed E-state index contributed by atoms with van der Waals surface area (Å²) in [5.41, 5.74) is 3.13. The third-order valence-corrected chi connectivity index (χ3v) is 5.03. The van der Waals surface area contributed by atoms with E-state index in [2.05, 4.69) is 4.98 Å². The van der Waals surface area contributed by atoms with Gasteiger partial charge in [-0.25, -0.2) is 9.78 Å². The van der Waals surface area contributed by atoms with E-state index >= 15 is 0 Å². The van der Waals surface area contributed by atoms with Gasteiger partial charge in [-0.15, -0.1) is 0 Å². The molecule has 0 N–H and O–H groups in total. The number of carbonyl (C=O) groups is 2. The summed E-state index contributed by atoms with van der Waals surface area (Å²) in [5, 5.41) is 0. The molecule has 0 aliphatic carbocycles. The van der Waals surface area contributed by atoms with Gasteiger partial charge in [0.05, 0.1) is 7.11 Å². The Bertz CT molecular complexity index is 1150. The number of benzene rings is 1. The summed E-state index contributed by atoms with van der Waals surface area (Å²) in [6, 6.07) is 10.6.